The van der Waals surface area contributed by atoms with Gasteiger partial charge in [0.1, 0.15) is 5.82 Å². The Hall–Kier alpha value is -3.35. The first kappa shape index (κ1) is 20.9. The third-order valence-corrected chi connectivity index (χ3v) is 5.46. The Balaban J connectivity index is 1.99. The number of hydrogen-bond acceptors (Lipinski definition) is 1. The highest BCUT2D eigenvalue weighted by atomic mass is 19.4. The Morgan fingerprint density at radius 3 is 2.48 bits per heavy atom. The molecule has 4 rings (SSSR count). The van der Waals surface area contributed by atoms with Gasteiger partial charge in [-0.3, -0.25) is 4.79 Å². The summed E-state index contributed by atoms with van der Waals surface area (Å²) in [6.45, 7) is 1.93. The number of aromatic nitrogens is 1. The predicted octanol–water partition coefficient (Wildman–Crippen LogP) is 6.05. The highest BCUT2D eigenvalue weighted by Crippen LogP contribution is 2.35. The van der Waals surface area contributed by atoms with Crippen LogP contribution in [0.15, 0.2) is 54.6 Å². The van der Waals surface area contributed by atoms with Crippen LogP contribution in [-0.4, -0.2) is 10.5 Å². The minimum atomic E-state index is -4.57. The van der Waals surface area contributed by atoms with Gasteiger partial charge in [-0.15, -0.1) is 0 Å². The number of benzene rings is 3. The topological polar surface area (TPSA) is 48.0 Å². The fourth-order valence-corrected chi connectivity index (χ4v) is 4.05. The molecule has 0 saturated carbocycles. The lowest BCUT2D eigenvalue weighted by atomic mass is 10.0. The minimum absolute atomic E-state index is 0.0843. The molecule has 0 aliphatic carbocycles. The maximum atomic E-state index is 14.5. The molecule has 4 aromatic rings. The van der Waals surface area contributed by atoms with Crippen molar-refractivity contribution in [2.45, 2.75) is 32.5 Å². The van der Waals surface area contributed by atoms with E-state index in [9.17, 15) is 22.4 Å². The number of aryl methyl sites for hydroxylation is 1. The normalized spacial score (nSPS) is 12.0. The van der Waals surface area contributed by atoms with E-state index < -0.39 is 23.5 Å². The molecule has 31 heavy (non-hydrogen) atoms. The van der Waals surface area contributed by atoms with Crippen molar-refractivity contribution in [3.63, 3.8) is 0 Å². The summed E-state index contributed by atoms with van der Waals surface area (Å²) in [7, 11) is 0. The van der Waals surface area contributed by atoms with E-state index in [1.165, 1.54) is 0 Å². The molecule has 2 N–H and O–H groups in total. The monoisotopic (exact) mass is 428 g/mol. The fraction of sp³-hybridized carbons (Fsp3) is 0.208. The Morgan fingerprint density at radius 2 is 1.81 bits per heavy atom. The van der Waals surface area contributed by atoms with Gasteiger partial charge in [0, 0.05) is 27.4 Å². The van der Waals surface area contributed by atoms with Crippen molar-refractivity contribution >= 4 is 27.7 Å². The van der Waals surface area contributed by atoms with Crippen molar-refractivity contribution in [1.82, 2.24) is 4.57 Å². The second-order valence-electron chi connectivity index (χ2n) is 7.56. The molecule has 7 heteroatoms. The lowest BCUT2D eigenvalue weighted by Gasteiger charge is -2.13. The number of alkyl halides is 3. The number of carbonyl (C=O) groups excluding carboxylic acids is 1. The van der Waals surface area contributed by atoms with Gasteiger partial charge in [0.25, 0.3) is 0 Å². The van der Waals surface area contributed by atoms with Gasteiger partial charge in [-0.2, -0.15) is 13.2 Å². The zero-order chi connectivity index (χ0) is 22.3. The van der Waals surface area contributed by atoms with Crippen LogP contribution in [0.4, 0.5) is 17.6 Å². The van der Waals surface area contributed by atoms with E-state index in [4.69, 9.17) is 5.73 Å². The van der Waals surface area contributed by atoms with Gasteiger partial charge in [0.05, 0.1) is 17.6 Å². The minimum Gasteiger partial charge on any atom is -0.366 e. The number of fused-ring (bicyclic) bond motifs is 3. The van der Waals surface area contributed by atoms with Crippen molar-refractivity contribution < 1.29 is 22.4 Å². The van der Waals surface area contributed by atoms with Crippen LogP contribution in [0.1, 0.15) is 40.4 Å². The number of rotatable bonds is 5. The van der Waals surface area contributed by atoms with Gasteiger partial charge in [0.2, 0.25) is 5.91 Å². The van der Waals surface area contributed by atoms with Crippen LogP contribution in [0.5, 0.6) is 0 Å². The molecule has 0 aliphatic heterocycles. The average molecular weight is 428 g/mol. The molecule has 0 fully saturated rings. The molecular formula is C24H20F4N2O. The average Bonchev–Trinajstić information content (AvgIpc) is 3.02. The summed E-state index contributed by atoms with van der Waals surface area (Å²) in [6, 6.07) is 13.2. The summed E-state index contributed by atoms with van der Waals surface area (Å²) in [5.41, 5.74) is 7.26. The van der Waals surface area contributed by atoms with Crippen LogP contribution in [0.3, 0.4) is 0 Å². The summed E-state index contributed by atoms with van der Waals surface area (Å²) in [5, 5.41) is 1.36. The number of hydrogen-bond donors (Lipinski definition) is 1. The van der Waals surface area contributed by atoms with Crippen molar-refractivity contribution in [2.75, 3.05) is 0 Å². The van der Waals surface area contributed by atoms with Crippen LogP contribution in [-0.2, 0) is 19.1 Å². The Bertz CT molecular complexity index is 1300. The van der Waals surface area contributed by atoms with Crippen LogP contribution in [0, 0.1) is 5.82 Å². The Labute approximate surface area is 176 Å². The summed E-state index contributed by atoms with van der Waals surface area (Å²) < 4.78 is 55.8. The van der Waals surface area contributed by atoms with Gasteiger partial charge in [-0.1, -0.05) is 31.5 Å². The molecule has 160 valence electrons. The first-order chi connectivity index (χ1) is 14.7. The number of halogens is 4. The highest BCUT2D eigenvalue weighted by Gasteiger charge is 2.31. The van der Waals surface area contributed by atoms with Gasteiger partial charge < -0.3 is 10.3 Å². The molecule has 0 saturated heterocycles. The smallest absolute Gasteiger partial charge is 0.366 e. The van der Waals surface area contributed by atoms with E-state index in [1.54, 1.807) is 22.8 Å². The molecule has 0 radical (unpaired) electrons. The second-order valence-corrected chi connectivity index (χ2v) is 7.56. The first-order valence-electron chi connectivity index (χ1n) is 9.90. The Kier molecular flexibility index (Phi) is 5.21. The fourth-order valence-electron chi connectivity index (χ4n) is 4.05. The maximum absolute atomic E-state index is 14.5. The summed E-state index contributed by atoms with van der Waals surface area (Å²) in [6.07, 6.45) is -2.84. The van der Waals surface area contributed by atoms with E-state index in [0.717, 1.165) is 42.0 Å². The second kappa shape index (κ2) is 7.72. The third-order valence-electron chi connectivity index (χ3n) is 5.46. The number of primary amides is 1. The lowest BCUT2D eigenvalue weighted by Crippen LogP contribution is -2.11. The van der Waals surface area contributed by atoms with Crippen LogP contribution >= 0.6 is 0 Å². The number of amides is 1. The number of nitrogens with zero attached hydrogens (tertiary/aromatic N) is 1. The van der Waals surface area contributed by atoms with E-state index in [1.807, 2.05) is 25.1 Å². The third kappa shape index (κ3) is 3.76. The largest absolute Gasteiger partial charge is 0.416 e. The highest BCUT2D eigenvalue weighted by molar-refractivity contribution is 6.18. The summed E-state index contributed by atoms with van der Waals surface area (Å²) in [4.78, 5) is 12.0. The van der Waals surface area contributed by atoms with E-state index >= 15 is 0 Å². The van der Waals surface area contributed by atoms with Crippen LogP contribution in [0.2, 0.25) is 0 Å². The van der Waals surface area contributed by atoms with Crippen molar-refractivity contribution in [3.8, 4) is 0 Å². The zero-order valence-electron chi connectivity index (χ0n) is 16.8. The summed E-state index contributed by atoms with van der Waals surface area (Å²) in [5.74, 6) is -1.33. The van der Waals surface area contributed by atoms with E-state index in [0.29, 0.717) is 22.0 Å². The molecule has 3 nitrogen and oxygen atoms in total. The summed E-state index contributed by atoms with van der Waals surface area (Å²) >= 11 is 0. The first-order valence-corrected chi connectivity index (χ1v) is 9.90. The Morgan fingerprint density at radius 1 is 1.03 bits per heavy atom. The van der Waals surface area contributed by atoms with Gasteiger partial charge in [-0.05, 0) is 48.4 Å². The SMILES string of the molecule is CCCc1ccc2c3c(C(N)=O)cccc3n(Cc3cc(C(F)(F)F)ccc3F)c2c1. The molecule has 0 unspecified atom stereocenters. The van der Waals surface area contributed by atoms with Crippen LogP contribution in [0.25, 0.3) is 21.8 Å². The van der Waals surface area contributed by atoms with Crippen molar-refractivity contribution in [3.05, 3.63) is 82.7 Å². The van der Waals surface area contributed by atoms with Crippen LogP contribution < -0.4 is 5.73 Å². The molecule has 1 aromatic heterocycles. The van der Waals surface area contributed by atoms with Gasteiger partial charge in [-0.25, -0.2) is 4.39 Å². The number of nitrogens with two attached hydrogens (primary N) is 1. The lowest BCUT2D eigenvalue weighted by molar-refractivity contribution is -0.137. The van der Waals surface area contributed by atoms with E-state index in [2.05, 4.69) is 0 Å². The van der Waals surface area contributed by atoms with Crippen molar-refractivity contribution in [1.29, 1.82) is 0 Å². The maximum Gasteiger partial charge on any atom is 0.416 e. The number of carbonyl (C=O) groups is 1. The molecule has 0 bridgehead atoms. The van der Waals surface area contributed by atoms with Gasteiger partial charge in [0.15, 0.2) is 0 Å². The quantitative estimate of drug-likeness (QED) is 0.387. The molecule has 0 aliphatic rings. The van der Waals surface area contributed by atoms with E-state index in [-0.39, 0.29) is 12.1 Å². The van der Waals surface area contributed by atoms with Gasteiger partial charge >= 0.3 is 6.18 Å². The predicted molar refractivity (Wildman–Crippen MR) is 112 cm³/mol. The molecule has 1 heterocycles. The molecule has 3 aromatic carbocycles. The molecule has 1 amide bonds. The standard InChI is InChI=1S/C24H20F4N2O/c1-2-4-14-7-9-17-21(11-14)30(20-6-3-5-18(22(17)20)23(29)31)13-15-12-16(24(26,27)28)8-10-19(15)25/h3,5-12H,2,4,13H2,1H3,(H2,29,31). The molecule has 0 spiro atoms. The zero-order valence-corrected chi connectivity index (χ0v) is 16.8. The molecular weight excluding hydrogens is 408 g/mol. The van der Waals surface area contributed by atoms with Crippen molar-refractivity contribution in [2.24, 2.45) is 5.73 Å². The molecule has 0 atom stereocenters.